The number of aryl methyl sites for hydroxylation is 2. The van der Waals surface area contributed by atoms with Gasteiger partial charge in [0.15, 0.2) is 0 Å². The average molecular weight is 587 g/mol. The summed E-state index contributed by atoms with van der Waals surface area (Å²) in [5.74, 6) is 2.88. The molecule has 1 spiro atoms. The molecule has 4 aromatic rings. The fraction of sp³-hybridized carbons (Fsp3) is 0.273. The van der Waals surface area contributed by atoms with E-state index in [2.05, 4.69) is 62.4 Å². The summed E-state index contributed by atoms with van der Waals surface area (Å²) in [6.45, 7) is 4.27. The summed E-state index contributed by atoms with van der Waals surface area (Å²) < 4.78 is 26.3. The minimum atomic E-state index is -4.53. The van der Waals surface area contributed by atoms with Gasteiger partial charge in [-0.3, -0.25) is 4.89 Å². The van der Waals surface area contributed by atoms with Crippen LogP contribution in [-0.4, -0.2) is 16.4 Å². The molecule has 0 aromatic heterocycles. The average Bonchev–Trinajstić information content (AvgIpc) is 3.51. The SMILES string of the molecule is CCSc1ccccc1-c1ccc2c3c1OP(=O)(O)Oc1c(-c4ccccc4SCC)ccc4c1C3(CC2)CC4. The molecule has 7 rings (SSSR count). The minimum Gasteiger partial charge on any atom is -0.394 e. The quantitative estimate of drug-likeness (QED) is 0.180. The first-order valence-corrected chi connectivity index (χ1v) is 17.4. The summed E-state index contributed by atoms with van der Waals surface area (Å²) in [5.41, 5.74) is 7.99. The molecule has 2 aliphatic carbocycles. The van der Waals surface area contributed by atoms with Gasteiger partial charge < -0.3 is 9.05 Å². The van der Waals surface area contributed by atoms with Crippen molar-refractivity contribution in [3.05, 3.63) is 95.1 Å². The van der Waals surface area contributed by atoms with Gasteiger partial charge in [0.2, 0.25) is 0 Å². The lowest BCUT2D eigenvalue weighted by Gasteiger charge is -2.35. The molecule has 0 radical (unpaired) electrons. The summed E-state index contributed by atoms with van der Waals surface area (Å²) in [6.07, 6.45) is 3.67. The molecule has 4 aromatic carbocycles. The molecule has 1 N–H and O–H groups in total. The third-order valence-corrected chi connectivity index (χ3v) is 11.2. The number of benzene rings is 4. The second kappa shape index (κ2) is 10.0. The highest BCUT2D eigenvalue weighted by Gasteiger charge is 2.52. The first-order chi connectivity index (χ1) is 19.5. The molecule has 4 nitrogen and oxygen atoms in total. The van der Waals surface area contributed by atoms with E-state index >= 15 is 0 Å². The normalized spacial score (nSPS) is 17.3. The van der Waals surface area contributed by atoms with Gasteiger partial charge in [-0.2, -0.15) is 0 Å². The van der Waals surface area contributed by atoms with E-state index in [-0.39, 0.29) is 5.41 Å². The highest BCUT2D eigenvalue weighted by molar-refractivity contribution is 7.99. The molecular weight excluding hydrogens is 555 g/mol. The molecule has 1 heterocycles. The minimum absolute atomic E-state index is 0.318. The lowest BCUT2D eigenvalue weighted by molar-refractivity contribution is 0.281. The van der Waals surface area contributed by atoms with Crippen molar-refractivity contribution in [3.8, 4) is 33.8 Å². The van der Waals surface area contributed by atoms with Gasteiger partial charge in [-0.25, -0.2) is 4.57 Å². The second-order valence-electron chi connectivity index (χ2n) is 10.5. The summed E-state index contributed by atoms with van der Waals surface area (Å²) >= 11 is 3.53. The Bertz CT molecular complexity index is 1580. The van der Waals surface area contributed by atoms with Crippen molar-refractivity contribution in [3.63, 3.8) is 0 Å². The number of phosphoric ester groups is 1. The van der Waals surface area contributed by atoms with Gasteiger partial charge in [0, 0.05) is 37.5 Å². The number of rotatable bonds is 6. The Hall–Kier alpha value is -2.63. The van der Waals surface area contributed by atoms with Crippen LogP contribution in [0.4, 0.5) is 0 Å². The van der Waals surface area contributed by atoms with Crippen LogP contribution in [-0.2, 0) is 22.8 Å². The third-order valence-electron chi connectivity index (χ3n) is 8.45. The standard InChI is InChI=1S/C33H31O4PS2/c1-3-39-27-11-7-5-9-23(27)25-15-13-21-17-19-33-20-18-22-14-16-26(24-10-6-8-12-28(24)40-4-2)32(30(22)33)37-38(34,35)36-31(25)29(21)33/h5-16H,3-4,17-20H2,1-2H3,(H,34,35). The van der Waals surface area contributed by atoms with Crippen molar-refractivity contribution in [1.29, 1.82) is 0 Å². The Morgan fingerprint density at radius 3 is 1.60 bits per heavy atom. The molecule has 0 bridgehead atoms. The van der Waals surface area contributed by atoms with Crippen molar-refractivity contribution >= 4 is 31.3 Å². The van der Waals surface area contributed by atoms with Crippen LogP contribution in [0.25, 0.3) is 22.3 Å². The molecule has 1 aliphatic heterocycles. The highest BCUT2D eigenvalue weighted by Crippen LogP contribution is 2.65. The Morgan fingerprint density at radius 1 is 0.700 bits per heavy atom. The molecule has 0 saturated carbocycles. The number of thioether (sulfide) groups is 2. The zero-order valence-electron chi connectivity index (χ0n) is 22.6. The van der Waals surface area contributed by atoms with Crippen LogP contribution in [0.3, 0.4) is 0 Å². The van der Waals surface area contributed by atoms with E-state index in [4.69, 9.17) is 9.05 Å². The Labute approximate surface area is 244 Å². The van der Waals surface area contributed by atoms with Gasteiger partial charge >= 0.3 is 7.82 Å². The topological polar surface area (TPSA) is 55.8 Å². The van der Waals surface area contributed by atoms with E-state index in [1.807, 2.05) is 24.3 Å². The fourth-order valence-electron chi connectivity index (χ4n) is 6.96. The van der Waals surface area contributed by atoms with Crippen LogP contribution in [0.1, 0.15) is 48.9 Å². The summed E-state index contributed by atoms with van der Waals surface area (Å²) in [7, 11) is -4.53. The van der Waals surface area contributed by atoms with Crippen LogP contribution >= 0.6 is 31.3 Å². The monoisotopic (exact) mass is 586 g/mol. The summed E-state index contributed by atoms with van der Waals surface area (Å²) in [5, 5.41) is 0. The second-order valence-corrected chi connectivity index (χ2v) is 14.5. The van der Waals surface area contributed by atoms with Crippen LogP contribution in [0, 0.1) is 0 Å². The molecule has 0 atom stereocenters. The smallest absolute Gasteiger partial charge is 0.394 e. The maximum absolute atomic E-state index is 13.9. The zero-order valence-corrected chi connectivity index (χ0v) is 25.1. The van der Waals surface area contributed by atoms with Crippen LogP contribution in [0.2, 0.25) is 0 Å². The molecule has 40 heavy (non-hydrogen) atoms. The molecule has 7 heteroatoms. The maximum Gasteiger partial charge on any atom is 0.584 e. The number of phosphoric acid groups is 1. The largest absolute Gasteiger partial charge is 0.584 e. The first-order valence-electron chi connectivity index (χ1n) is 13.9. The van der Waals surface area contributed by atoms with Gasteiger partial charge in [-0.15, -0.1) is 23.5 Å². The van der Waals surface area contributed by atoms with Crippen LogP contribution in [0.5, 0.6) is 11.5 Å². The van der Waals surface area contributed by atoms with Crippen LogP contribution < -0.4 is 9.05 Å². The van der Waals surface area contributed by atoms with E-state index in [9.17, 15) is 9.46 Å². The zero-order chi connectivity index (χ0) is 27.5. The van der Waals surface area contributed by atoms with Crippen molar-refractivity contribution < 1.29 is 18.5 Å². The lowest BCUT2D eigenvalue weighted by Crippen LogP contribution is -2.25. The predicted molar refractivity (Wildman–Crippen MR) is 165 cm³/mol. The summed E-state index contributed by atoms with van der Waals surface area (Å²) in [6, 6.07) is 25.0. The van der Waals surface area contributed by atoms with Gasteiger partial charge in [0.05, 0.1) is 0 Å². The van der Waals surface area contributed by atoms with Crippen molar-refractivity contribution in [2.45, 2.75) is 54.7 Å². The van der Waals surface area contributed by atoms with Gasteiger partial charge in [-0.1, -0.05) is 74.5 Å². The van der Waals surface area contributed by atoms with Gasteiger partial charge in [0.1, 0.15) is 11.5 Å². The molecule has 0 fully saturated rings. The molecule has 3 aliphatic rings. The molecule has 204 valence electrons. The Balaban J connectivity index is 1.52. The van der Waals surface area contributed by atoms with Gasteiger partial charge in [0.25, 0.3) is 0 Å². The molecular formula is C33H31O4PS2. The predicted octanol–water partition coefficient (Wildman–Crippen LogP) is 9.29. The van der Waals surface area contributed by atoms with E-state index in [0.29, 0.717) is 11.5 Å². The van der Waals surface area contributed by atoms with Crippen LogP contribution in [0.15, 0.2) is 82.6 Å². The van der Waals surface area contributed by atoms with Crippen molar-refractivity contribution in [2.75, 3.05) is 11.5 Å². The van der Waals surface area contributed by atoms with E-state index in [0.717, 1.165) is 80.4 Å². The van der Waals surface area contributed by atoms with E-state index < -0.39 is 7.82 Å². The van der Waals surface area contributed by atoms with Gasteiger partial charge in [-0.05, 0) is 71.6 Å². The first kappa shape index (κ1) is 26.3. The maximum atomic E-state index is 13.9. The van der Waals surface area contributed by atoms with Crippen molar-refractivity contribution in [1.82, 2.24) is 0 Å². The number of hydrogen-bond donors (Lipinski definition) is 1. The lowest BCUT2D eigenvalue weighted by atomic mass is 9.74. The van der Waals surface area contributed by atoms with E-state index in [1.165, 1.54) is 11.1 Å². The number of hydrogen-bond acceptors (Lipinski definition) is 5. The summed E-state index contributed by atoms with van der Waals surface area (Å²) in [4.78, 5) is 13.6. The van der Waals surface area contributed by atoms with E-state index in [1.54, 1.807) is 23.5 Å². The molecule has 0 saturated heterocycles. The molecule has 0 unspecified atom stereocenters. The Morgan fingerprint density at radius 2 is 1.15 bits per heavy atom. The molecule has 0 amide bonds. The fourth-order valence-corrected chi connectivity index (χ4v) is 9.48. The Kier molecular flexibility index (Phi) is 6.59. The van der Waals surface area contributed by atoms with Crippen molar-refractivity contribution in [2.24, 2.45) is 0 Å². The third kappa shape index (κ3) is 4.07. The highest BCUT2D eigenvalue weighted by atomic mass is 32.2.